The molecule has 0 aromatic heterocycles. The Labute approximate surface area is 118 Å². The van der Waals surface area contributed by atoms with E-state index in [1.165, 1.54) is 0 Å². The van der Waals surface area contributed by atoms with E-state index in [-0.39, 0.29) is 6.04 Å². The number of hydrogen-bond acceptors (Lipinski definition) is 2. The lowest BCUT2D eigenvalue weighted by Gasteiger charge is -2.23. The number of nitrogens with one attached hydrogen (secondary N) is 1. The number of benzene rings is 1. The van der Waals surface area contributed by atoms with Gasteiger partial charge in [-0.25, -0.2) is 0 Å². The van der Waals surface area contributed by atoms with Crippen molar-refractivity contribution in [3.8, 4) is 0 Å². The molecule has 1 N–H and O–H groups in total. The number of alkyl halides is 3. The van der Waals surface area contributed by atoms with E-state index in [9.17, 15) is 13.2 Å². The fourth-order valence-electron chi connectivity index (χ4n) is 2.33. The molecule has 112 valence electrons. The van der Waals surface area contributed by atoms with Gasteiger partial charge in [-0.3, -0.25) is 4.90 Å². The van der Waals surface area contributed by atoms with Crippen molar-refractivity contribution in [3.63, 3.8) is 0 Å². The monoisotopic (exact) mass is 286 g/mol. The maximum absolute atomic E-state index is 12.6. The minimum absolute atomic E-state index is 0.106. The fourth-order valence-corrected chi connectivity index (χ4v) is 2.33. The van der Waals surface area contributed by atoms with Gasteiger partial charge in [0, 0.05) is 19.1 Å². The van der Waals surface area contributed by atoms with Crippen LogP contribution in [0.25, 0.3) is 0 Å². The summed E-state index contributed by atoms with van der Waals surface area (Å²) in [6.45, 7) is 3.24. The lowest BCUT2D eigenvalue weighted by molar-refractivity contribution is -0.148. The minimum Gasteiger partial charge on any atom is -0.313 e. The van der Waals surface area contributed by atoms with E-state index in [0.717, 1.165) is 37.1 Å². The molecule has 0 aliphatic heterocycles. The Bertz CT molecular complexity index is 427. The van der Waals surface area contributed by atoms with Gasteiger partial charge >= 0.3 is 6.18 Å². The van der Waals surface area contributed by atoms with E-state index < -0.39 is 12.7 Å². The number of rotatable bonds is 7. The zero-order valence-electron chi connectivity index (χ0n) is 11.7. The molecule has 20 heavy (non-hydrogen) atoms. The summed E-state index contributed by atoms with van der Waals surface area (Å²) in [5.41, 5.74) is 2.07. The highest BCUT2D eigenvalue weighted by molar-refractivity contribution is 5.23. The average molecular weight is 286 g/mol. The van der Waals surface area contributed by atoms with Crippen molar-refractivity contribution >= 4 is 0 Å². The molecular weight excluding hydrogens is 265 g/mol. The molecule has 0 spiro atoms. The Morgan fingerprint density at radius 2 is 1.95 bits per heavy atom. The van der Waals surface area contributed by atoms with Gasteiger partial charge in [0.2, 0.25) is 0 Å². The van der Waals surface area contributed by atoms with Gasteiger partial charge in [-0.05, 0) is 30.5 Å². The molecule has 5 heteroatoms. The van der Waals surface area contributed by atoms with Crippen LogP contribution in [0.15, 0.2) is 24.3 Å². The molecule has 0 atom stereocenters. The highest BCUT2D eigenvalue weighted by Gasteiger charge is 2.37. The highest BCUT2D eigenvalue weighted by Crippen LogP contribution is 2.31. The summed E-state index contributed by atoms with van der Waals surface area (Å²) in [5, 5.41) is 3.22. The maximum atomic E-state index is 12.6. The molecule has 1 fully saturated rings. The van der Waals surface area contributed by atoms with Gasteiger partial charge in [0.15, 0.2) is 0 Å². The first kappa shape index (κ1) is 15.3. The molecule has 0 heterocycles. The van der Waals surface area contributed by atoms with Crippen molar-refractivity contribution in [2.45, 2.75) is 45.1 Å². The summed E-state index contributed by atoms with van der Waals surface area (Å²) < 4.78 is 37.8. The second-order valence-corrected chi connectivity index (χ2v) is 5.35. The van der Waals surface area contributed by atoms with E-state index >= 15 is 0 Å². The van der Waals surface area contributed by atoms with E-state index in [4.69, 9.17) is 0 Å². The van der Waals surface area contributed by atoms with Crippen LogP contribution in [0.4, 0.5) is 13.2 Å². The Hall–Kier alpha value is -1.07. The Kier molecular flexibility index (Phi) is 5.05. The molecule has 0 radical (unpaired) electrons. The van der Waals surface area contributed by atoms with Crippen LogP contribution in [0.2, 0.25) is 0 Å². The standard InChI is InChI=1S/C15H21F3N2/c1-2-19-9-12-4-3-5-13(8-12)10-20(14-6-7-14)11-15(16,17)18/h3-5,8,14,19H,2,6-7,9-11H2,1H3. The van der Waals surface area contributed by atoms with E-state index in [1.807, 2.05) is 31.2 Å². The normalized spacial score (nSPS) is 15.8. The van der Waals surface area contributed by atoms with Gasteiger partial charge in [-0.2, -0.15) is 13.2 Å². The first-order valence-electron chi connectivity index (χ1n) is 7.07. The molecular formula is C15H21F3N2. The number of nitrogens with zero attached hydrogens (tertiary/aromatic N) is 1. The smallest absolute Gasteiger partial charge is 0.313 e. The van der Waals surface area contributed by atoms with Crippen molar-refractivity contribution in [1.29, 1.82) is 0 Å². The number of hydrogen-bond donors (Lipinski definition) is 1. The van der Waals surface area contributed by atoms with Crippen LogP contribution in [-0.4, -0.2) is 30.2 Å². The summed E-state index contributed by atoms with van der Waals surface area (Å²) in [4.78, 5) is 1.55. The SMILES string of the molecule is CCNCc1cccc(CN(CC(F)(F)F)C2CC2)c1. The van der Waals surface area contributed by atoms with Crippen LogP contribution in [-0.2, 0) is 13.1 Å². The van der Waals surface area contributed by atoms with Crippen LogP contribution < -0.4 is 5.32 Å². The van der Waals surface area contributed by atoms with Gasteiger partial charge in [-0.15, -0.1) is 0 Å². The van der Waals surface area contributed by atoms with Crippen LogP contribution in [0.5, 0.6) is 0 Å². The lowest BCUT2D eigenvalue weighted by Crippen LogP contribution is -2.35. The molecule has 0 unspecified atom stereocenters. The molecule has 1 aliphatic carbocycles. The van der Waals surface area contributed by atoms with E-state index in [0.29, 0.717) is 6.54 Å². The van der Waals surface area contributed by atoms with Crippen molar-refractivity contribution in [1.82, 2.24) is 10.2 Å². The number of halogens is 3. The topological polar surface area (TPSA) is 15.3 Å². The zero-order valence-corrected chi connectivity index (χ0v) is 11.7. The van der Waals surface area contributed by atoms with Crippen molar-refractivity contribution in [3.05, 3.63) is 35.4 Å². The summed E-state index contributed by atoms with van der Waals surface area (Å²) in [7, 11) is 0. The Morgan fingerprint density at radius 3 is 2.55 bits per heavy atom. The summed E-state index contributed by atoms with van der Waals surface area (Å²) in [6.07, 6.45) is -2.36. The Morgan fingerprint density at radius 1 is 1.25 bits per heavy atom. The van der Waals surface area contributed by atoms with Gasteiger partial charge in [0.05, 0.1) is 6.54 Å². The molecule has 1 aliphatic rings. The first-order valence-corrected chi connectivity index (χ1v) is 7.07. The zero-order chi connectivity index (χ0) is 14.6. The predicted octanol–water partition coefficient (Wildman–Crippen LogP) is 3.32. The summed E-state index contributed by atoms with van der Waals surface area (Å²) in [6, 6.07) is 7.92. The second kappa shape index (κ2) is 6.59. The van der Waals surface area contributed by atoms with Crippen LogP contribution in [0, 0.1) is 0 Å². The third-order valence-corrected chi connectivity index (χ3v) is 3.40. The minimum atomic E-state index is -4.12. The molecule has 2 rings (SSSR count). The second-order valence-electron chi connectivity index (χ2n) is 5.35. The van der Waals surface area contributed by atoms with Crippen LogP contribution in [0.3, 0.4) is 0 Å². The molecule has 2 nitrogen and oxygen atoms in total. The van der Waals surface area contributed by atoms with Crippen molar-refractivity contribution in [2.24, 2.45) is 0 Å². The van der Waals surface area contributed by atoms with Crippen molar-refractivity contribution < 1.29 is 13.2 Å². The van der Waals surface area contributed by atoms with E-state index in [2.05, 4.69) is 5.32 Å². The van der Waals surface area contributed by atoms with Gasteiger partial charge < -0.3 is 5.32 Å². The molecule has 1 aromatic rings. The van der Waals surface area contributed by atoms with Gasteiger partial charge in [0.1, 0.15) is 0 Å². The third kappa shape index (κ3) is 5.13. The third-order valence-electron chi connectivity index (χ3n) is 3.40. The predicted molar refractivity (Wildman–Crippen MR) is 73.3 cm³/mol. The fraction of sp³-hybridized carbons (Fsp3) is 0.600. The summed E-state index contributed by atoms with van der Waals surface area (Å²) in [5.74, 6) is 0. The first-order chi connectivity index (χ1) is 9.48. The maximum Gasteiger partial charge on any atom is 0.401 e. The highest BCUT2D eigenvalue weighted by atomic mass is 19.4. The van der Waals surface area contributed by atoms with Crippen molar-refractivity contribution in [2.75, 3.05) is 13.1 Å². The average Bonchev–Trinajstić information content (AvgIpc) is 3.18. The van der Waals surface area contributed by atoms with Gasteiger partial charge in [0.25, 0.3) is 0 Å². The largest absolute Gasteiger partial charge is 0.401 e. The molecule has 0 saturated heterocycles. The molecule has 0 bridgehead atoms. The molecule has 1 saturated carbocycles. The van der Waals surface area contributed by atoms with E-state index in [1.54, 1.807) is 4.90 Å². The van der Waals surface area contributed by atoms with Crippen LogP contribution in [0.1, 0.15) is 30.9 Å². The molecule has 0 amide bonds. The molecule has 1 aromatic carbocycles. The summed E-state index contributed by atoms with van der Waals surface area (Å²) >= 11 is 0. The van der Waals surface area contributed by atoms with Crippen LogP contribution >= 0.6 is 0 Å². The van der Waals surface area contributed by atoms with Gasteiger partial charge in [-0.1, -0.05) is 31.2 Å². The Balaban J connectivity index is 1.99. The lowest BCUT2D eigenvalue weighted by atomic mass is 10.1. The quantitative estimate of drug-likeness (QED) is 0.827.